The maximum atomic E-state index is 2.46. The molecule has 0 unspecified atom stereocenters. The molecule has 1 aliphatic carbocycles. The summed E-state index contributed by atoms with van der Waals surface area (Å²) in [5.74, 6) is 0.662. The predicted octanol–water partition coefficient (Wildman–Crippen LogP) is 13.5. The smallest absolute Gasteiger partial charge is 0.0546 e. The summed E-state index contributed by atoms with van der Waals surface area (Å²) in [6.07, 6.45) is 6.63. The monoisotopic (exact) mass is 620 g/mol. The van der Waals surface area contributed by atoms with E-state index >= 15 is 0 Å². The zero-order valence-corrected chi connectivity index (χ0v) is 27.3. The van der Waals surface area contributed by atoms with Crippen LogP contribution in [0.4, 0.5) is 34.1 Å². The average Bonchev–Trinajstić information content (AvgIpc) is 3.17. The van der Waals surface area contributed by atoms with Crippen LogP contribution in [-0.2, 0) is 0 Å². The van der Waals surface area contributed by atoms with E-state index in [1.54, 1.807) is 0 Å². The minimum absolute atomic E-state index is 0.662. The van der Waals surface area contributed by atoms with Crippen molar-refractivity contribution < 1.29 is 0 Å². The van der Waals surface area contributed by atoms with Gasteiger partial charge in [0.1, 0.15) is 0 Å². The molecule has 0 bridgehead atoms. The second kappa shape index (κ2) is 13.6. The third-order valence-electron chi connectivity index (χ3n) is 9.79. The van der Waals surface area contributed by atoms with Crippen molar-refractivity contribution in [3.8, 4) is 11.1 Å². The third-order valence-corrected chi connectivity index (χ3v) is 9.79. The first-order valence-corrected chi connectivity index (χ1v) is 17.3. The average molecular weight is 621 g/mol. The molecule has 7 aromatic carbocycles. The highest BCUT2D eigenvalue weighted by atomic mass is 15.2. The van der Waals surface area contributed by atoms with E-state index in [1.165, 1.54) is 59.6 Å². The first kappa shape index (κ1) is 29.8. The molecule has 0 heterocycles. The van der Waals surface area contributed by atoms with E-state index in [-0.39, 0.29) is 0 Å². The number of nitrogens with zero attached hydrogens (tertiary/aromatic N) is 2. The van der Waals surface area contributed by atoms with Crippen LogP contribution in [0.5, 0.6) is 0 Å². The molecule has 234 valence electrons. The van der Waals surface area contributed by atoms with Gasteiger partial charge >= 0.3 is 0 Å². The van der Waals surface area contributed by atoms with E-state index in [0.717, 1.165) is 34.1 Å². The lowest BCUT2D eigenvalue weighted by molar-refractivity contribution is 0.443. The van der Waals surface area contributed by atoms with E-state index in [1.807, 2.05) is 0 Å². The number of anilines is 6. The number of para-hydroxylation sites is 2. The maximum absolute atomic E-state index is 2.46. The fourth-order valence-electron chi connectivity index (χ4n) is 7.39. The Hall–Kier alpha value is -5.60. The summed E-state index contributed by atoms with van der Waals surface area (Å²) in [6, 6.07) is 64.0. The number of hydrogen-bond donors (Lipinski definition) is 0. The minimum Gasteiger partial charge on any atom is -0.310 e. The minimum atomic E-state index is 0.662. The van der Waals surface area contributed by atoms with Crippen LogP contribution in [0.25, 0.3) is 21.9 Å². The topological polar surface area (TPSA) is 6.48 Å². The second-order valence-corrected chi connectivity index (χ2v) is 12.9. The Morgan fingerprint density at radius 1 is 0.375 bits per heavy atom. The van der Waals surface area contributed by atoms with Crippen molar-refractivity contribution in [1.29, 1.82) is 0 Å². The van der Waals surface area contributed by atoms with Gasteiger partial charge in [-0.1, -0.05) is 128 Å². The summed E-state index contributed by atoms with van der Waals surface area (Å²) >= 11 is 0. The fraction of sp³-hybridized carbons (Fsp3) is 0.130. The number of rotatable bonds is 8. The van der Waals surface area contributed by atoms with Gasteiger partial charge < -0.3 is 9.80 Å². The molecule has 0 N–H and O–H groups in total. The molecule has 1 fully saturated rings. The summed E-state index contributed by atoms with van der Waals surface area (Å²) < 4.78 is 0. The van der Waals surface area contributed by atoms with E-state index in [4.69, 9.17) is 0 Å². The zero-order valence-electron chi connectivity index (χ0n) is 27.3. The zero-order chi connectivity index (χ0) is 32.1. The van der Waals surface area contributed by atoms with Crippen molar-refractivity contribution in [3.05, 3.63) is 181 Å². The van der Waals surface area contributed by atoms with Crippen molar-refractivity contribution in [2.24, 2.45) is 0 Å². The molecule has 2 heteroatoms. The summed E-state index contributed by atoms with van der Waals surface area (Å²) in [4.78, 5) is 4.80. The SMILES string of the molecule is c1ccc(-c2cc3ccccc3cc2N(c2ccc(C3CCCCC3)cc2)c2cccc(N(c3ccccc3)c3ccccc3)c2)cc1. The first-order valence-electron chi connectivity index (χ1n) is 17.3. The van der Waals surface area contributed by atoms with Gasteiger partial charge in [-0.2, -0.15) is 0 Å². The van der Waals surface area contributed by atoms with Gasteiger partial charge in [-0.15, -0.1) is 0 Å². The quantitative estimate of drug-likeness (QED) is 0.167. The van der Waals surface area contributed by atoms with Gasteiger partial charge in [-0.05, 0) is 107 Å². The van der Waals surface area contributed by atoms with E-state index in [0.29, 0.717) is 5.92 Å². The summed E-state index contributed by atoms with van der Waals surface area (Å²) in [5, 5.41) is 2.46. The molecular weight excluding hydrogens is 581 g/mol. The molecule has 0 spiro atoms. The number of benzene rings is 7. The maximum Gasteiger partial charge on any atom is 0.0546 e. The van der Waals surface area contributed by atoms with Crippen LogP contribution in [0, 0.1) is 0 Å². The lowest BCUT2D eigenvalue weighted by Gasteiger charge is -2.31. The molecule has 0 saturated heterocycles. The molecular formula is C46H40N2. The Morgan fingerprint density at radius 3 is 1.50 bits per heavy atom. The van der Waals surface area contributed by atoms with Crippen molar-refractivity contribution in [3.63, 3.8) is 0 Å². The standard InChI is InChI=1S/C46H40N2/c1-5-16-35(17-6-1)36-28-30-42(31-29-36)48(46-33-39-21-14-13-20-38(39)32-45(46)37-18-7-2-8-19-37)44-27-15-26-43(34-44)47(40-22-9-3-10-23-40)41-24-11-4-12-25-41/h2-4,7-15,18-35H,1,5-6,16-17H2. The Balaban J connectivity index is 1.32. The van der Waals surface area contributed by atoms with Gasteiger partial charge in [0.25, 0.3) is 0 Å². The Bertz CT molecular complexity index is 2060. The van der Waals surface area contributed by atoms with Gasteiger partial charge in [0.2, 0.25) is 0 Å². The largest absolute Gasteiger partial charge is 0.310 e. The van der Waals surface area contributed by atoms with Crippen LogP contribution in [0.3, 0.4) is 0 Å². The highest BCUT2D eigenvalue weighted by Crippen LogP contribution is 2.45. The number of hydrogen-bond acceptors (Lipinski definition) is 2. The second-order valence-electron chi connectivity index (χ2n) is 12.9. The predicted molar refractivity (Wildman–Crippen MR) is 205 cm³/mol. The lowest BCUT2D eigenvalue weighted by atomic mass is 9.84. The molecule has 0 amide bonds. The van der Waals surface area contributed by atoms with Crippen molar-refractivity contribution >= 4 is 44.9 Å². The highest BCUT2D eigenvalue weighted by Gasteiger charge is 2.22. The Morgan fingerprint density at radius 2 is 0.875 bits per heavy atom. The Labute approximate surface area is 284 Å². The molecule has 0 atom stereocenters. The molecule has 0 aromatic heterocycles. The van der Waals surface area contributed by atoms with Gasteiger partial charge in [-0.3, -0.25) is 0 Å². The third kappa shape index (κ3) is 6.10. The van der Waals surface area contributed by atoms with Crippen LogP contribution in [-0.4, -0.2) is 0 Å². The van der Waals surface area contributed by atoms with Crippen LogP contribution in [0.15, 0.2) is 176 Å². The molecule has 0 radical (unpaired) electrons. The van der Waals surface area contributed by atoms with Crippen molar-refractivity contribution in [1.82, 2.24) is 0 Å². The normalized spacial score (nSPS) is 13.3. The fourth-order valence-corrected chi connectivity index (χ4v) is 7.39. The Kier molecular flexibility index (Phi) is 8.46. The van der Waals surface area contributed by atoms with Crippen LogP contribution < -0.4 is 9.80 Å². The summed E-state index contributed by atoms with van der Waals surface area (Å²) in [6.45, 7) is 0. The van der Waals surface area contributed by atoms with Gasteiger partial charge in [-0.25, -0.2) is 0 Å². The molecule has 0 aliphatic heterocycles. The molecule has 1 aliphatic rings. The van der Waals surface area contributed by atoms with Crippen molar-refractivity contribution in [2.45, 2.75) is 38.0 Å². The van der Waals surface area contributed by atoms with E-state index < -0.39 is 0 Å². The van der Waals surface area contributed by atoms with Gasteiger partial charge in [0.05, 0.1) is 5.69 Å². The van der Waals surface area contributed by atoms with Crippen LogP contribution in [0.1, 0.15) is 43.6 Å². The van der Waals surface area contributed by atoms with Crippen LogP contribution >= 0.6 is 0 Å². The number of fused-ring (bicyclic) bond motifs is 1. The highest BCUT2D eigenvalue weighted by molar-refractivity contribution is 5.98. The molecule has 8 rings (SSSR count). The molecule has 1 saturated carbocycles. The van der Waals surface area contributed by atoms with Gasteiger partial charge in [0, 0.05) is 34.0 Å². The van der Waals surface area contributed by atoms with Crippen LogP contribution in [0.2, 0.25) is 0 Å². The van der Waals surface area contributed by atoms with E-state index in [9.17, 15) is 0 Å². The summed E-state index contributed by atoms with van der Waals surface area (Å²) in [5.41, 5.74) is 10.7. The first-order chi connectivity index (χ1) is 23.8. The molecule has 2 nitrogen and oxygen atoms in total. The molecule has 7 aromatic rings. The van der Waals surface area contributed by atoms with E-state index in [2.05, 4.69) is 186 Å². The lowest BCUT2D eigenvalue weighted by Crippen LogP contribution is -2.14. The molecule has 48 heavy (non-hydrogen) atoms. The summed E-state index contributed by atoms with van der Waals surface area (Å²) in [7, 11) is 0. The van der Waals surface area contributed by atoms with Crippen molar-refractivity contribution in [2.75, 3.05) is 9.80 Å². The van der Waals surface area contributed by atoms with Gasteiger partial charge in [0.15, 0.2) is 0 Å².